The molecule has 0 aromatic heterocycles. The molecule has 0 unspecified atom stereocenters. The van der Waals surface area contributed by atoms with Crippen LogP contribution in [-0.4, -0.2) is 25.7 Å². The number of ether oxygens (including phenoxy) is 1. The second-order valence-corrected chi connectivity index (χ2v) is 2.98. The molecule has 4 heteroatoms. The average molecular weight is 196 g/mol. The number of carbonyl (C=O) groups excluding carboxylic acids is 1. The zero-order valence-electron chi connectivity index (χ0n) is 8.90. The number of methoxy groups -OCH3 is 1. The van der Waals surface area contributed by atoms with E-state index >= 15 is 0 Å². The van der Waals surface area contributed by atoms with Crippen molar-refractivity contribution in [1.29, 1.82) is 1.43 Å². The highest BCUT2D eigenvalue weighted by Crippen LogP contribution is 2.12. The van der Waals surface area contributed by atoms with Crippen LogP contribution in [0.4, 0.5) is 0 Å². The highest BCUT2D eigenvalue weighted by atomic mass is 16.5. The minimum Gasteiger partial charge on any atom is -0.508 e. The van der Waals surface area contributed by atoms with Gasteiger partial charge in [-0.15, -0.1) is 0 Å². The van der Waals surface area contributed by atoms with Crippen molar-refractivity contribution >= 4 is 5.97 Å². The first-order valence-corrected chi connectivity index (χ1v) is 4.23. The fourth-order valence-corrected chi connectivity index (χ4v) is 1.16. The number of nitrogens with two attached hydrogens (primary N) is 1. The van der Waals surface area contributed by atoms with Crippen molar-refractivity contribution in [2.24, 2.45) is 5.73 Å². The Morgan fingerprint density at radius 1 is 1.79 bits per heavy atom. The molecule has 1 rings (SSSR count). The van der Waals surface area contributed by atoms with Crippen LogP contribution in [0.15, 0.2) is 24.3 Å². The molecular formula is C10H13NO3. The standard InChI is InChI=1S/C10H13NO3/c1-14-10(13)9(11)6-7-3-2-4-8(12)5-7/h2-5,9,12H,6,11H2,1H3/t9-/m0/s1/i/hD. The van der Waals surface area contributed by atoms with Crippen LogP contribution in [0.25, 0.3) is 0 Å². The van der Waals surface area contributed by atoms with Gasteiger partial charge in [-0.25, -0.2) is 0 Å². The minimum absolute atomic E-state index is 0.365. The van der Waals surface area contributed by atoms with Crippen molar-refractivity contribution in [3.8, 4) is 5.75 Å². The third-order valence-corrected chi connectivity index (χ3v) is 1.86. The zero-order valence-corrected chi connectivity index (χ0v) is 7.90. The lowest BCUT2D eigenvalue weighted by Crippen LogP contribution is -2.33. The molecule has 1 aromatic rings. The summed E-state index contributed by atoms with van der Waals surface area (Å²) in [5, 5.41) is 4.32. The number of esters is 1. The molecule has 76 valence electrons. The summed E-state index contributed by atoms with van der Waals surface area (Å²) < 4.78 is 11.2. The molecule has 0 radical (unpaired) electrons. The third kappa shape index (κ3) is 2.74. The van der Waals surface area contributed by atoms with E-state index in [1.54, 1.807) is 18.2 Å². The van der Waals surface area contributed by atoms with E-state index in [0.29, 0.717) is 12.2 Å². The topological polar surface area (TPSA) is 72.5 Å². The predicted octanol–water partition coefficient (Wildman–Crippen LogP) is 0.435. The van der Waals surface area contributed by atoms with E-state index in [9.17, 15) is 4.79 Å². The SMILES string of the molecule is [2H]Oc1cccc(C[C@H](N)C(=O)OC)c1. The lowest BCUT2D eigenvalue weighted by molar-refractivity contribution is -0.142. The molecule has 0 aliphatic heterocycles. The van der Waals surface area contributed by atoms with Crippen LogP contribution in [-0.2, 0) is 16.0 Å². The summed E-state index contributed by atoms with van der Waals surface area (Å²) in [5.41, 5.74) is 6.42. The molecular weight excluding hydrogens is 182 g/mol. The van der Waals surface area contributed by atoms with Gasteiger partial charge in [0.25, 0.3) is 1.43 Å². The first-order chi connectivity index (χ1) is 7.17. The maximum absolute atomic E-state index is 11.1. The van der Waals surface area contributed by atoms with Crippen molar-refractivity contribution in [1.82, 2.24) is 0 Å². The van der Waals surface area contributed by atoms with Gasteiger partial charge in [-0.05, 0) is 24.1 Å². The van der Waals surface area contributed by atoms with E-state index < -0.39 is 12.0 Å². The van der Waals surface area contributed by atoms with E-state index in [2.05, 4.69) is 9.85 Å². The van der Waals surface area contributed by atoms with E-state index in [1.165, 1.54) is 7.11 Å². The summed E-state index contributed by atoms with van der Waals surface area (Å²) >= 11 is 0. The number of hydrogen-bond donors (Lipinski definition) is 2. The van der Waals surface area contributed by atoms with Crippen LogP contribution in [0.1, 0.15) is 5.56 Å². The summed E-state index contributed by atoms with van der Waals surface area (Å²) in [7, 11) is 1.30. The Labute approximate surface area is 83.8 Å². The van der Waals surface area contributed by atoms with Crippen molar-refractivity contribution in [2.45, 2.75) is 12.5 Å². The predicted molar refractivity (Wildman–Crippen MR) is 51.8 cm³/mol. The molecule has 4 nitrogen and oxygen atoms in total. The normalized spacial score (nSPS) is 12.9. The number of rotatable bonds is 4. The molecule has 3 N–H and O–H groups in total. The van der Waals surface area contributed by atoms with Gasteiger partial charge in [0.15, 0.2) is 0 Å². The first kappa shape index (κ1) is 9.02. The number of phenols is 1. The Balaban J connectivity index is 2.67. The molecule has 0 aliphatic rings. The molecule has 0 bridgehead atoms. The molecule has 1 aromatic carbocycles. The Morgan fingerprint density at radius 3 is 3.21 bits per heavy atom. The van der Waals surface area contributed by atoms with Crippen LogP contribution in [0.2, 0.25) is 0 Å². The molecule has 0 spiro atoms. The Bertz CT molecular complexity index is 343. The average Bonchev–Trinajstić information content (AvgIpc) is 2.28. The molecule has 0 saturated heterocycles. The van der Waals surface area contributed by atoms with Gasteiger partial charge < -0.3 is 15.6 Å². The molecule has 0 heterocycles. The van der Waals surface area contributed by atoms with E-state index in [-0.39, 0.29) is 0 Å². The Kier molecular flexibility index (Phi) is 2.98. The van der Waals surface area contributed by atoms with Gasteiger partial charge in [-0.3, -0.25) is 4.79 Å². The minimum atomic E-state index is -0.684. The highest BCUT2D eigenvalue weighted by Gasteiger charge is 2.13. The molecule has 0 aliphatic carbocycles. The third-order valence-electron chi connectivity index (χ3n) is 1.86. The summed E-state index contributed by atoms with van der Waals surface area (Å²) in [6, 6.07) is 6.18. The monoisotopic (exact) mass is 196 g/mol. The van der Waals surface area contributed by atoms with Crippen LogP contribution >= 0.6 is 0 Å². The zero-order chi connectivity index (χ0) is 11.3. The summed E-state index contributed by atoms with van der Waals surface area (Å²) in [6.45, 7) is 0. The number of phenolic OH excluding ortho intramolecular Hbond substituents is 1. The quantitative estimate of drug-likeness (QED) is 0.685. The summed E-state index contributed by atoms with van der Waals surface area (Å²) in [5.74, 6) is -0.0308. The molecule has 0 saturated carbocycles. The number of carbonyl (C=O) groups is 1. The number of benzene rings is 1. The van der Waals surface area contributed by atoms with Gasteiger partial charge in [0, 0.05) is 0 Å². The maximum atomic E-state index is 11.1. The van der Waals surface area contributed by atoms with Gasteiger partial charge in [0.2, 0.25) is 0 Å². The number of hydrogen-bond acceptors (Lipinski definition) is 4. The van der Waals surface area contributed by atoms with Crippen LogP contribution < -0.4 is 5.73 Å². The lowest BCUT2D eigenvalue weighted by Gasteiger charge is -2.08. The fraction of sp³-hybridized carbons (Fsp3) is 0.300. The Hall–Kier alpha value is -1.55. The Morgan fingerprint density at radius 2 is 2.57 bits per heavy atom. The van der Waals surface area contributed by atoms with Gasteiger partial charge in [-0.1, -0.05) is 12.1 Å². The largest absolute Gasteiger partial charge is 0.508 e. The highest BCUT2D eigenvalue weighted by molar-refractivity contribution is 5.75. The van der Waals surface area contributed by atoms with E-state index in [0.717, 1.165) is 5.56 Å². The van der Waals surface area contributed by atoms with Gasteiger partial charge in [0.1, 0.15) is 11.8 Å². The second kappa shape index (κ2) is 4.62. The molecule has 1 atom stereocenters. The van der Waals surface area contributed by atoms with Crippen molar-refractivity contribution in [3.05, 3.63) is 29.8 Å². The van der Waals surface area contributed by atoms with E-state index in [1.807, 2.05) is 6.07 Å². The first-order valence-electron chi connectivity index (χ1n) is 4.63. The van der Waals surface area contributed by atoms with Gasteiger partial charge in [-0.2, -0.15) is 0 Å². The van der Waals surface area contributed by atoms with Gasteiger partial charge in [0.05, 0.1) is 7.11 Å². The summed E-state index contributed by atoms with van der Waals surface area (Å²) in [4.78, 5) is 11.1. The maximum Gasteiger partial charge on any atom is 0.322 e. The van der Waals surface area contributed by atoms with Crippen LogP contribution in [0.5, 0.6) is 5.75 Å². The van der Waals surface area contributed by atoms with Crippen molar-refractivity contribution in [2.75, 3.05) is 7.11 Å². The van der Waals surface area contributed by atoms with Crippen molar-refractivity contribution in [3.63, 3.8) is 0 Å². The van der Waals surface area contributed by atoms with Crippen molar-refractivity contribution < 1.29 is 14.6 Å². The summed E-state index contributed by atoms with van der Waals surface area (Å²) in [6.07, 6.45) is 0.365. The second-order valence-electron chi connectivity index (χ2n) is 2.98. The smallest absolute Gasteiger partial charge is 0.322 e. The van der Waals surface area contributed by atoms with E-state index in [4.69, 9.17) is 7.16 Å². The molecule has 0 fully saturated rings. The number of aromatic hydroxyl groups is 1. The molecule has 0 amide bonds. The van der Waals surface area contributed by atoms with Crippen LogP contribution in [0.3, 0.4) is 0 Å². The molecule has 14 heavy (non-hydrogen) atoms. The van der Waals surface area contributed by atoms with Crippen LogP contribution in [0, 0.1) is 0 Å². The van der Waals surface area contributed by atoms with Gasteiger partial charge >= 0.3 is 5.97 Å². The fourth-order valence-electron chi connectivity index (χ4n) is 1.16. The lowest BCUT2D eigenvalue weighted by atomic mass is 10.1.